The highest BCUT2D eigenvalue weighted by atomic mass is 19.4. The standard InChI is InChI=1S/C8H16F3N/c1-7(2,3)4-6(5-12)8(9,10)11/h6H,4-5,12H2,1-3H3. The quantitative estimate of drug-likeness (QED) is 0.699. The fourth-order valence-corrected chi connectivity index (χ4v) is 1.07. The zero-order chi connectivity index (χ0) is 9.99. The molecular formula is C8H16F3N. The van der Waals surface area contributed by atoms with Crippen LogP contribution in [0.2, 0.25) is 0 Å². The first-order valence-corrected chi connectivity index (χ1v) is 3.93. The first-order chi connectivity index (χ1) is 5.17. The maximum Gasteiger partial charge on any atom is 0.393 e. The van der Waals surface area contributed by atoms with Gasteiger partial charge in [-0.15, -0.1) is 0 Å². The molecule has 0 aliphatic heterocycles. The summed E-state index contributed by atoms with van der Waals surface area (Å²) < 4.78 is 36.5. The van der Waals surface area contributed by atoms with Crippen molar-refractivity contribution in [1.29, 1.82) is 0 Å². The molecule has 0 aromatic rings. The molecule has 0 spiro atoms. The van der Waals surface area contributed by atoms with Crippen LogP contribution < -0.4 is 5.73 Å². The van der Waals surface area contributed by atoms with Gasteiger partial charge in [-0.05, 0) is 11.8 Å². The zero-order valence-electron chi connectivity index (χ0n) is 7.70. The molecule has 0 heterocycles. The lowest BCUT2D eigenvalue weighted by molar-refractivity contribution is -0.178. The highest BCUT2D eigenvalue weighted by Gasteiger charge is 2.40. The number of alkyl halides is 3. The molecule has 0 rings (SSSR count). The van der Waals surface area contributed by atoms with Crippen LogP contribution in [0.5, 0.6) is 0 Å². The van der Waals surface area contributed by atoms with E-state index in [-0.39, 0.29) is 18.4 Å². The van der Waals surface area contributed by atoms with Gasteiger partial charge in [0.05, 0.1) is 5.92 Å². The van der Waals surface area contributed by atoms with E-state index >= 15 is 0 Å². The Labute approximate surface area is 71.1 Å². The summed E-state index contributed by atoms with van der Waals surface area (Å²) in [6.45, 7) is 5.02. The smallest absolute Gasteiger partial charge is 0.330 e. The summed E-state index contributed by atoms with van der Waals surface area (Å²) in [5.74, 6) is -1.36. The fourth-order valence-electron chi connectivity index (χ4n) is 1.07. The Bertz CT molecular complexity index is 134. The van der Waals surface area contributed by atoms with Gasteiger partial charge in [-0.3, -0.25) is 0 Å². The summed E-state index contributed by atoms with van der Waals surface area (Å²) in [6, 6.07) is 0. The summed E-state index contributed by atoms with van der Waals surface area (Å²) in [5, 5.41) is 0. The molecule has 0 radical (unpaired) electrons. The monoisotopic (exact) mass is 183 g/mol. The van der Waals surface area contributed by atoms with Gasteiger partial charge >= 0.3 is 6.18 Å². The fraction of sp³-hybridized carbons (Fsp3) is 1.00. The third-order valence-corrected chi connectivity index (χ3v) is 1.61. The molecule has 74 valence electrons. The minimum Gasteiger partial charge on any atom is -0.330 e. The van der Waals surface area contributed by atoms with Crippen molar-refractivity contribution in [3.8, 4) is 0 Å². The van der Waals surface area contributed by atoms with Crippen molar-refractivity contribution in [2.45, 2.75) is 33.4 Å². The largest absolute Gasteiger partial charge is 0.393 e. The summed E-state index contributed by atoms with van der Waals surface area (Å²) in [5.41, 5.74) is 4.73. The van der Waals surface area contributed by atoms with Crippen molar-refractivity contribution in [3.63, 3.8) is 0 Å². The second-order valence-corrected chi connectivity index (χ2v) is 4.24. The van der Waals surface area contributed by atoms with Crippen molar-refractivity contribution in [2.24, 2.45) is 17.1 Å². The van der Waals surface area contributed by atoms with Gasteiger partial charge < -0.3 is 5.73 Å². The number of rotatable bonds is 2. The van der Waals surface area contributed by atoms with Crippen LogP contribution in [-0.2, 0) is 0 Å². The average Bonchev–Trinajstić information content (AvgIpc) is 1.78. The summed E-state index contributed by atoms with van der Waals surface area (Å²) >= 11 is 0. The molecule has 0 aliphatic rings. The lowest BCUT2D eigenvalue weighted by Crippen LogP contribution is -2.33. The highest BCUT2D eigenvalue weighted by Crippen LogP contribution is 2.34. The van der Waals surface area contributed by atoms with E-state index in [4.69, 9.17) is 5.73 Å². The molecule has 2 N–H and O–H groups in total. The molecule has 1 atom stereocenters. The van der Waals surface area contributed by atoms with E-state index in [1.54, 1.807) is 20.8 Å². The summed E-state index contributed by atoms with van der Waals surface area (Å²) in [6.07, 6.45) is -4.06. The second-order valence-electron chi connectivity index (χ2n) is 4.24. The Morgan fingerprint density at radius 3 is 1.67 bits per heavy atom. The van der Waals surface area contributed by atoms with Gasteiger partial charge in [0.25, 0.3) is 0 Å². The third kappa shape index (κ3) is 4.59. The first kappa shape index (κ1) is 11.8. The Balaban J connectivity index is 4.20. The number of hydrogen-bond acceptors (Lipinski definition) is 1. The number of halogens is 3. The Morgan fingerprint density at radius 2 is 1.58 bits per heavy atom. The summed E-state index contributed by atoms with van der Waals surface area (Å²) in [4.78, 5) is 0. The normalized spacial score (nSPS) is 16.2. The van der Waals surface area contributed by atoms with Crippen LogP contribution >= 0.6 is 0 Å². The van der Waals surface area contributed by atoms with E-state index in [9.17, 15) is 13.2 Å². The molecule has 12 heavy (non-hydrogen) atoms. The van der Waals surface area contributed by atoms with Crippen molar-refractivity contribution < 1.29 is 13.2 Å². The van der Waals surface area contributed by atoms with Crippen LogP contribution in [0.1, 0.15) is 27.2 Å². The van der Waals surface area contributed by atoms with Gasteiger partial charge in [0.2, 0.25) is 0 Å². The topological polar surface area (TPSA) is 26.0 Å². The SMILES string of the molecule is CC(C)(C)CC(CN)C(F)(F)F. The van der Waals surface area contributed by atoms with Crippen LogP contribution in [0.25, 0.3) is 0 Å². The minimum atomic E-state index is -4.15. The van der Waals surface area contributed by atoms with Crippen LogP contribution in [-0.4, -0.2) is 12.7 Å². The highest BCUT2D eigenvalue weighted by molar-refractivity contribution is 4.75. The molecule has 0 aromatic heterocycles. The van der Waals surface area contributed by atoms with E-state index < -0.39 is 12.1 Å². The predicted molar refractivity (Wildman–Crippen MR) is 42.7 cm³/mol. The van der Waals surface area contributed by atoms with Gasteiger partial charge in [0, 0.05) is 6.54 Å². The lowest BCUT2D eigenvalue weighted by atomic mass is 9.84. The minimum absolute atomic E-state index is 0.0903. The Kier molecular flexibility index (Phi) is 3.57. The second kappa shape index (κ2) is 3.64. The van der Waals surface area contributed by atoms with Gasteiger partial charge in [-0.1, -0.05) is 20.8 Å². The van der Waals surface area contributed by atoms with Crippen molar-refractivity contribution in [2.75, 3.05) is 6.54 Å². The van der Waals surface area contributed by atoms with Crippen LogP contribution in [0.4, 0.5) is 13.2 Å². The van der Waals surface area contributed by atoms with E-state index in [0.717, 1.165) is 0 Å². The number of hydrogen-bond donors (Lipinski definition) is 1. The molecule has 0 saturated heterocycles. The molecule has 4 heteroatoms. The Morgan fingerprint density at radius 1 is 1.17 bits per heavy atom. The van der Waals surface area contributed by atoms with E-state index in [2.05, 4.69) is 0 Å². The average molecular weight is 183 g/mol. The molecule has 0 amide bonds. The van der Waals surface area contributed by atoms with Gasteiger partial charge in [-0.2, -0.15) is 13.2 Å². The molecule has 0 fully saturated rings. The maximum absolute atomic E-state index is 12.2. The van der Waals surface area contributed by atoms with Crippen LogP contribution in [0, 0.1) is 11.3 Å². The lowest BCUT2D eigenvalue weighted by Gasteiger charge is -2.26. The third-order valence-electron chi connectivity index (χ3n) is 1.61. The molecule has 0 aliphatic carbocycles. The van der Waals surface area contributed by atoms with Gasteiger partial charge in [0.15, 0.2) is 0 Å². The molecule has 0 saturated carbocycles. The Hall–Kier alpha value is -0.250. The van der Waals surface area contributed by atoms with E-state index in [1.807, 2.05) is 0 Å². The van der Waals surface area contributed by atoms with E-state index in [1.165, 1.54) is 0 Å². The maximum atomic E-state index is 12.2. The van der Waals surface area contributed by atoms with Gasteiger partial charge in [-0.25, -0.2) is 0 Å². The molecule has 0 bridgehead atoms. The van der Waals surface area contributed by atoms with Crippen molar-refractivity contribution in [1.82, 2.24) is 0 Å². The number of nitrogens with two attached hydrogens (primary N) is 1. The predicted octanol–water partition coefficient (Wildman–Crippen LogP) is 2.56. The molecule has 0 aromatic carbocycles. The van der Waals surface area contributed by atoms with Crippen LogP contribution in [0.3, 0.4) is 0 Å². The zero-order valence-corrected chi connectivity index (χ0v) is 7.70. The molecular weight excluding hydrogens is 167 g/mol. The van der Waals surface area contributed by atoms with Crippen molar-refractivity contribution in [3.05, 3.63) is 0 Å². The first-order valence-electron chi connectivity index (χ1n) is 3.93. The summed E-state index contributed by atoms with van der Waals surface area (Å²) in [7, 11) is 0. The van der Waals surface area contributed by atoms with Crippen molar-refractivity contribution >= 4 is 0 Å². The molecule has 1 nitrogen and oxygen atoms in total. The van der Waals surface area contributed by atoms with Crippen LogP contribution in [0.15, 0.2) is 0 Å². The van der Waals surface area contributed by atoms with Gasteiger partial charge in [0.1, 0.15) is 0 Å². The van der Waals surface area contributed by atoms with E-state index in [0.29, 0.717) is 0 Å². The molecule has 1 unspecified atom stereocenters.